The van der Waals surface area contributed by atoms with Crippen LogP contribution in [-0.2, 0) is 22.1 Å². The fraction of sp³-hybridized carbons (Fsp3) is 0.538. The highest BCUT2D eigenvalue weighted by Gasteiger charge is 2.14. The van der Waals surface area contributed by atoms with E-state index < -0.39 is 15.7 Å². The van der Waals surface area contributed by atoms with E-state index in [0.29, 0.717) is 23.5 Å². The monoisotopic (exact) mass is 273 g/mol. The molecule has 1 aromatic rings. The number of benzene rings is 1. The highest BCUT2D eigenvalue weighted by molar-refractivity contribution is 7.90. The van der Waals surface area contributed by atoms with Gasteiger partial charge >= 0.3 is 0 Å². The van der Waals surface area contributed by atoms with Crippen molar-refractivity contribution in [3.05, 3.63) is 35.1 Å². The average Bonchev–Trinajstić information content (AvgIpc) is 2.25. The van der Waals surface area contributed by atoms with E-state index in [2.05, 4.69) is 0 Å². The summed E-state index contributed by atoms with van der Waals surface area (Å²) in [6, 6.07) is 4.23. The Bertz CT molecular complexity index is 498. The number of nitrogens with two attached hydrogens (primary N) is 1. The van der Waals surface area contributed by atoms with Crippen molar-refractivity contribution in [1.29, 1.82) is 0 Å². The van der Waals surface area contributed by atoms with E-state index in [4.69, 9.17) is 5.73 Å². The molecule has 0 spiro atoms. The Balaban J connectivity index is 2.80. The van der Waals surface area contributed by atoms with Crippen LogP contribution in [0.1, 0.15) is 31.4 Å². The fourth-order valence-corrected chi connectivity index (χ4v) is 3.31. The minimum absolute atomic E-state index is 0.121. The average molecular weight is 273 g/mol. The molecule has 1 rings (SSSR count). The first-order chi connectivity index (χ1) is 8.32. The zero-order valence-electron chi connectivity index (χ0n) is 10.8. The standard InChI is InChI=1S/C13H20FNO2S/c1-10(2)3-4-18(16,17)9-12-5-11(8-15)6-13(14)7-12/h5-7,10H,3-4,8-9,15H2,1-2H3. The molecule has 5 heteroatoms. The smallest absolute Gasteiger partial charge is 0.154 e. The lowest BCUT2D eigenvalue weighted by molar-refractivity contribution is 0.572. The van der Waals surface area contributed by atoms with Crippen LogP contribution >= 0.6 is 0 Å². The summed E-state index contributed by atoms with van der Waals surface area (Å²) >= 11 is 0. The normalized spacial score (nSPS) is 12.1. The molecule has 102 valence electrons. The summed E-state index contributed by atoms with van der Waals surface area (Å²) < 4.78 is 37.0. The first-order valence-electron chi connectivity index (χ1n) is 6.01. The molecule has 0 unspecified atom stereocenters. The van der Waals surface area contributed by atoms with Gasteiger partial charge in [0.1, 0.15) is 5.82 Å². The number of hydrogen-bond acceptors (Lipinski definition) is 3. The molecule has 0 heterocycles. The number of hydrogen-bond donors (Lipinski definition) is 1. The molecule has 0 bridgehead atoms. The molecular weight excluding hydrogens is 253 g/mol. The SMILES string of the molecule is CC(C)CCS(=O)(=O)Cc1cc(F)cc(CN)c1. The van der Waals surface area contributed by atoms with Gasteiger partial charge in [0.2, 0.25) is 0 Å². The maximum atomic E-state index is 13.3. The van der Waals surface area contributed by atoms with Crippen LogP contribution < -0.4 is 5.73 Å². The van der Waals surface area contributed by atoms with E-state index in [1.54, 1.807) is 6.07 Å². The summed E-state index contributed by atoms with van der Waals surface area (Å²) in [6.07, 6.45) is 0.626. The Hall–Kier alpha value is -0.940. The second-order valence-corrected chi connectivity index (χ2v) is 7.13. The van der Waals surface area contributed by atoms with Crippen molar-refractivity contribution in [3.8, 4) is 0 Å². The third-order valence-electron chi connectivity index (χ3n) is 2.65. The number of halogens is 1. The molecule has 0 fully saturated rings. The van der Waals surface area contributed by atoms with Gasteiger partial charge in [-0.25, -0.2) is 12.8 Å². The summed E-state index contributed by atoms with van der Waals surface area (Å²) in [5.41, 5.74) is 6.52. The molecule has 0 atom stereocenters. The predicted octanol–water partition coefficient (Wildman–Crippen LogP) is 2.25. The van der Waals surface area contributed by atoms with Gasteiger partial charge in [-0.15, -0.1) is 0 Å². The molecule has 0 aliphatic rings. The Kier molecular flexibility index (Phi) is 5.28. The van der Waals surface area contributed by atoms with Crippen molar-refractivity contribution in [2.24, 2.45) is 11.7 Å². The quantitative estimate of drug-likeness (QED) is 0.864. The van der Waals surface area contributed by atoms with Gasteiger partial charge in [0, 0.05) is 6.54 Å². The summed E-state index contributed by atoms with van der Waals surface area (Å²) in [7, 11) is -3.18. The van der Waals surface area contributed by atoms with Gasteiger partial charge in [-0.05, 0) is 35.6 Å². The molecule has 0 saturated carbocycles. The molecule has 0 aliphatic heterocycles. The molecule has 0 amide bonds. The maximum Gasteiger partial charge on any atom is 0.154 e. The lowest BCUT2D eigenvalue weighted by Crippen LogP contribution is -2.12. The third-order valence-corrected chi connectivity index (χ3v) is 4.28. The van der Waals surface area contributed by atoms with Crippen LogP contribution in [0.25, 0.3) is 0 Å². The van der Waals surface area contributed by atoms with Crippen molar-refractivity contribution in [3.63, 3.8) is 0 Å². The Morgan fingerprint density at radius 1 is 1.22 bits per heavy atom. The van der Waals surface area contributed by atoms with Gasteiger partial charge in [-0.1, -0.05) is 19.9 Å². The highest BCUT2D eigenvalue weighted by atomic mass is 32.2. The molecule has 0 radical (unpaired) electrons. The molecule has 2 N–H and O–H groups in total. The second kappa shape index (κ2) is 6.29. The predicted molar refractivity (Wildman–Crippen MR) is 71.2 cm³/mol. The van der Waals surface area contributed by atoms with Gasteiger partial charge in [0.25, 0.3) is 0 Å². The van der Waals surface area contributed by atoms with Crippen molar-refractivity contribution in [2.45, 2.75) is 32.6 Å². The van der Waals surface area contributed by atoms with Crippen molar-refractivity contribution in [2.75, 3.05) is 5.75 Å². The zero-order chi connectivity index (χ0) is 13.8. The van der Waals surface area contributed by atoms with E-state index in [1.165, 1.54) is 12.1 Å². The van der Waals surface area contributed by atoms with Crippen molar-refractivity contribution in [1.82, 2.24) is 0 Å². The zero-order valence-corrected chi connectivity index (χ0v) is 11.6. The molecular formula is C13H20FNO2S. The highest BCUT2D eigenvalue weighted by Crippen LogP contribution is 2.14. The maximum absolute atomic E-state index is 13.3. The van der Waals surface area contributed by atoms with Crippen molar-refractivity contribution < 1.29 is 12.8 Å². The lowest BCUT2D eigenvalue weighted by atomic mass is 10.1. The molecule has 0 aliphatic carbocycles. The first-order valence-corrected chi connectivity index (χ1v) is 7.83. The van der Waals surface area contributed by atoms with Gasteiger partial charge in [-0.2, -0.15) is 0 Å². The Morgan fingerprint density at radius 2 is 1.83 bits per heavy atom. The van der Waals surface area contributed by atoms with Gasteiger partial charge in [-0.3, -0.25) is 0 Å². The lowest BCUT2D eigenvalue weighted by Gasteiger charge is -2.08. The van der Waals surface area contributed by atoms with Crippen LogP contribution in [0.3, 0.4) is 0 Å². The third kappa shape index (κ3) is 5.14. The van der Waals surface area contributed by atoms with Gasteiger partial charge in [0.05, 0.1) is 11.5 Å². The van der Waals surface area contributed by atoms with E-state index in [0.717, 1.165) is 0 Å². The van der Waals surface area contributed by atoms with Gasteiger partial charge < -0.3 is 5.73 Å². The minimum atomic E-state index is -3.18. The van der Waals surface area contributed by atoms with E-state index in [-0.39, 0.29) is 18.1 Å². The molecule has 3 nitrogen and oxygen atoms in total. The second-order valence-electron chi connectivity index (χ2n) is 4.95. The first kappa shape index (κ1) is 15.1. The van der Waals surface area contributed by atoms with Crippen LogP contribution in [0.4, 0.5) is 4.39 Å². The number of rotatable bonds is 6. The molecule has 1 aromatic carbocycles. The molecule has 18 heavy (non-hydrogen) atoms. The topological polar surface area (TPSA) is 60.2 Å². The van der Waals surface area contributed by atoms with E-state index >= 15 is 0 Å². The fourth-order valence-electron chi connectivity index (χ4n) is 1.66. The molecule has 0 saturated heterocycles. The van der Waals surface area contributed by atoms with Gasteiger partial charge in [0.15, 0.2) is 9.84 Å². The summed E-state index contributed by atoms with van der Waals surface area (Å²) in [4.78, 5) is 0. The van der Waals surface area contributed by atoms with Crippen LogP contribution in [-0.4, -0.2) is 14.2 Å². The Labute approximate surface area is 108 Å². The van der Waals surface area contributed by atoms with Crippen LogP contribution in [0.5, 0.6) is 0 Å². The van der Waals surface area contributed by atoms with Crippen LogP contribution in [0.15, 0.2) is 18.2 Å². The minimum Gasteiger partial charge on any atom is -0.326 e. The van der Waals surface area contributed by atoms with Crippen LogP contribution in [0, 0.1) is 11.7 Å². The van der Waals surface area contributed by atoms with E-state index in [9.17, 15) is 12.8 Å². The molecule has 0 aromatic heterocycles. The largest absolute Gasteiger partial charge is 0.326 e. The van der Waals surface area contributed by atoms with Crippen molar-refractivity contribution >= 4 is 9.84 Å². The number of sulfone groups is 1. The Morgan fingerprint density at radius 3 is 2.39 bits per heavy atom. The van der Waals surface area contributed by atoms with E-state index in [1.807, 2.05) is 13.8 Å². The summed E-state index contributed by atoms with van der Waals surface area (Å²) in [6.45, 7) is 4.16. The summed E-state index contributed by atoms with van der Waals surface area (Å²) in [5, 5.41) is 0. The summed E-state index contributed by atoms with van der Waals surface area (Å²) in [5.74, 6) is -0.0808. The van der Waals surface area contributed by atoms with Crippen LogP contribution in [0.2, 0.25) is 0 Å².